The van der Waals surface area contributed by atoms with E-state index < -0.39 is 0 Å². The molecule has 0 aliphatic heterocycles. The first-order chi connectivity index (χ1) is 7.17. The zero-order valence-electron chi connectivity index (χ0n) is 8.96. The summed E-state index contributed by atoms with van der Waals surface area (Å²) in [5.74, 6) is 0.972. The highest BCUT2D eigenvalue weighted by Gasteiger charge is 2.05. The third kappa shape index (κ3) is 3.71. The van der Waals surface area contributed by atoms with Crippen LogP contribution in [-0.2, 0) is 6.42 Å². The van der Waals surface area contributed by atoms with Crippen LogP contribution >= 0.6 is 22.6 Å². The second kappa shape index (κ2) is 5.96. The van der Waals surface area contributed by atoms with Gasteiger partial charge in [0.15, 0.2) is 0 Å². The van der Waals surface area contributed by atoms with Crippen molar-refractivity contribution in [3.63, 3.8) is 0 Å². The van der Waals surface area contributed by atoms with Crippen molar-refractivity contribution in [2.75, 3.05) is 6.61 Å². The molecule has 0 aliphatic carbocycles. The number of hydrogen-bond acceptors (Lipinski definition) is 2. The molecule has 0 heterocycles. The van der Waals surface area contributed by atoms with Crippen molar-refractivity contribution in [1.29, 1.82) is 5.26 Å². The molecule has 0 bridgehead atoms. The molecule has 0 N–H and O–H groups in total. The number of hydrogen-bond donors (Lipinski definition) is 0. The van der Waals surface area contributed by atoms with E-state index in [4.69, 9.17) is 10.00 Å². The molecule has 0 amide bonds. The highest BCUT2D eigenvalue weighted by Crippen LogP contribution is 2.23. The molecule has 0 aliphatic rings. The molecule has 0 spiro atoms. The van der Waals surface area contributed by atoms with Crippen LogP contribution < -0.4 is 4.74 Å². The van der Waals surface area contributed by atoms with Crippen LogP contribution in [0.3, 0.4) is 0 Å². The number of nitriles is 1. The van der Waals surface area contributed by atoms with Gasteiger partial charge in [-0.25, -0.2) is 0 Å². The molecular formula is C12H14INO. The predicted molar refractivity (Wildman–Crippen MR) is 68.8 cm³/mol. The summed E-state index contributed by atoms with van der Waals surface area (Å²) >= 11 is 2.25. The summed E-state index contributed by atoms with van der Waals surface area (Å²) < 4.78 is 6.62. The monoisotopic (exact) mass is 315 g/mol. The Hall–Kier alpha value is -0.760. The SMILES string of the molecule is CCOc1cc(CC(C)C#N)ccc1I. The first-order valence-electron chi connectivity index (χ1n) is 4.98. The fourth-order valence-electron chi connectivity index (χ4n) is 1.34. The minimum absolute atomic E-state index is 0.0551. The zero-order valence-corrected chi connectivity index (χ0v) is 11.1. The maximum Gasteiger partial charge on any atom is 0.132 e. The topological polar surface area (TPSA) is 33.0 Å². The summed E-state index contributed by atoms with van der Waals surface area (Å²) in [7, 11) is 0. The normalized spacial score (nSPS) is 11.9. The van der Waals surface area contributed by atoms with E-state index in [9.17, 15) is 0 Å². The molecule has 1 unspecified atom stereocenters. The van der Waals surface area contributed by atoms with Gasteiger partial charge in [-0.2, -0.15) is 5.26 Å². The van der Waals surface area contributed by atoms with Gasteiger partial charge in [0.2, 0.25) is 0 Å². The fourth-order valence-corrected chi connectivity index (χ4v) is 1.83. The molecule has 1 aromatic rings. The predicted octanol–water partition coefficient (Wildman–Crippen LogP) is 3.39. The van der Waals surface area contributed by atoms with Crippen LogP contribution in [0.15, 0.2) is 18.2 Å². The summed E-state index contributed by atoms with van der Waals surface area (Å²) in [5.41, 5.74) is 1.16. The Labute approximate surface area is 104 Å². The first kappa shape index (κ1) is 12.3. The molecule has 3 heteroatoms. The van der Waals surface area contributed by atoms with Crippen LogP contribution in [0.25, 0.3) is 0 Å². The molecule has 80 valence electrons. The Morgan fingerprint density at radius 3 is 2.87 bits per heavy atom. The molecule has 0 saturated heterocycles. The van der Waals surface area contributed by atoms with E-state index in [1.54, 1.807) is 0 Å². The van der Waals surface area contributed by atoms with E-state index in [0.717, 1.165) is 21.3 Å². The average molecular weight is 315 g/mol. The Morgan fingerprint density at radius 1 is 1.53 bits per heavy atom. The van der Waals surface area contributed by atoms with E-state index >= 15 is 0 Å². The molecule has 15 heavy (non-hydrogen) atoms. The largest absolute Gasteiger partial charge is 0.493 e. The van der Waals surface area contributed by atoms with E-state index in [1.807, 2.05) is 26.0 Å². The second-order valence-electron chi connectivity index (χ2n) is 3.43. The Bertz CT molecular complexity index is 370. The van der Waals surface area contributed by atoms with Gasteiger partial charge in [-0.05, 0) is 60.6 Å². The quantitative estimate of drug-likeness (QED) is 0.798. The maximum absolute atomic E-state index is 8.74. The first-order valence-corrected chi connectivity index (χ1v) is 6.06. The molecule has 1 aromatic carbocycles. The van der Waals surface area contributed by atoms with Crippen LogP contribution in [-0.4, -0.2) is 6.61 Å². The lowest BCUT2D eigenvalue weighted by atomic mass is 10.0. The summed E-state index contributed by atoms with van der Waals surface area (Å²) in [6.07, 6.45) is 0.785. The van der Waals surface area contributed by atoms with Gasteiger partial charge in [-0.1, -0.05) is 6.07 Å². The third-order valence-electron chi connectivity index (χ3n) is 2.06. The minimum Gasteiger partial charge on any atom is -0.493 e. The number of halogens is 1. The van der Waals surface area contributed by atoms with Gasteiger partial charge in [-0.15, -0.1) is 0 Å². The number of ether oxygens (including phenoxy) is 1. The van der Waals surface area contributed by atoms with Gasteiger partial charge >= 0.3 is 0 Å². The van der Waals surface area contributed by atoms with E-state index in [-0.39, 0.29) is 5.92 Å². The minimum atomic E-state index is 0.0551. The average Bonchev–Trinajstić information content (AvgIpc) is 2.23. The fraction of sp³-hybridized carbons (Fsp3) is 0.417. The van der Waals surface area contributed by atoms with E-state index in [2.05, 4.69) is 34.7 Å². The van der Waals surface area contributed by atoms with Crippen LogP contribution in [0.4, 0.5) is 0 Å². The maximum atomic E-state index is 8.74. The van der Waals surface area contributed by atoms with Crippen LogP contribution in [0, 0.1) is 20.8 Å². The lowest BCUT2D eigenvalue weighted by Gasteiger charge is -2.09. The van der Waals surface area contributed by atoms with Crippen molar-refractivity contribution in [2.45, 2.75) is 20.3 Å². The van der Waals surface area contributed by atoms with Gasteiger partial charge < -0.3 is 4.74 Å². The number of rotatable bonds is 4. The Balaban J connectivity index is 2.83. The molecule has 0 aromatic heterocycles. The van der Waals surface area contributed by atoms with Crippen molar-refractivity contribution in [2.24, 2.45) is 5.92 Å². The van der Waals surface area contributed by atoms with Crippen LogP contribution in [0.5, 0.6) is 5.75 Å². The highest BCUT2D eigenvalue weighted by molar-refractivity contribution is 14.1. The lowest BCUT2D eigenvalue weighted by molar-refractivity contribution is 0.337. The molecule has 0 radical (unpaired) electrons. The van der Waals surface area contributed by atoms with Crippen molar-refractivity contribution < 1.29 is 4.74 Å². The summed E-state index contributed by atoms with van der Waals surface area (Å²) in [4.78, 5) is 0. The van der Waals surface area contributed by atoms with Crippen molar-refractivity contribution in [1.82, 2.24) is 0 Å². The van der Waals surface area contributed by atoms with Gasteiger partial charge in [0.25, 0.3) is 0 Å². The molecule has 1 atom stereocenters. The summed E-state index contributed by atoms with van der Waals surface area (Å²) in [6, 6.07) is 8.35. The molecule has 0 fully saturated rings. The number of benzene rings is 1. The summed E-state index contributed by atoms with van der Waals surface area (Å²) in [5, 5.41) is 8.74. The molecular weight excluding hydrogens is 301 g/mol. The standard InChI is InChI=1S/C12H14INO/c1-3-15-12-7-10(4-5-11(12)13)6-9(2)8-14/h4-5,7,9H,3,6H2,1-2H3. The highest BCUT2D eigenvalue weighted by atomic mass is 127. The van der Waals surface area contributed by atoms with E-state index in [1.165, 1.54) is 0 Å². The van der Waals surface area contributed by atoms with Crippen molar-refractivity contribution in [3.8, 4) is 11.8 Å². The summed E-state index contributed by atoms with van der Waals surface area (Å²) in [6.45, 7) is 4.58. The third-order valence-corrected chi connectivity index (χ3v) is 2.95. The van der Waals surface area contributed by atoms with Gasteiger partial charge in [0.05, 0.1) is 16.2 Å². The smallest absolute Gasteiger partial charge is 0.132 e. The van der Waals surface area contributed by atoms with Gasteiger partial charge in [-0.3, -0.25) is 0 Å². The van der Waals surface area contributed by atoms with Gasteiger partial charge in [0, 0.05) is 5.92 Å². The van der Waals surface area contributed by atoms with Gasteiger partial charge in [0.1, 0.15) is 5.75 Å². The Kier molecular flexibility index (Phi) is 4.89. The Morgan fingerprint density at radius 2 is 2.27 bits per heavy atom. The van der Waals surface area contributed by atoms with Crippen molar-refractivity contribution >= 4 is 22.6 Å². The lowest BCUT2D eigenvalue weighted by Crippen LogP contribution is -1.99. The molecule has 0 saturated carbocycles. The number of nitrogens with zero attached hydrogens (tertiary/aromatic N) is 1. The van der Waals surface area contributed by atoms with Crippen molar-refractivity contribution in [3.05, 3.63) is 27.3 Å². The molecule has 2 nitrogen and oxygen atoms in total. The van der Waals surface area contributed by atoms with Crippen LogP contribution in [0.2, 0.25) is 0 Å². The van der Waals surface area contributed by atoms with E-state index in [0.29, 0.717) is 6.61 Å². The van der Waals surface area contributed by atoms with Crippen LogP contribution in [0.1, 0.15) is 19.4 Å². The zero-order chi connectivity index (χ0) is 11.3. The second-order valence-corrected chi connectivity index (χ2v) is 4.59. The molecule has 1 rings (SSSR count).